The van der Waals surface area contributed by atoms with Crippen molar-refractivity contribution in [2.75, 3.05) is 6.61 Å². The van der Waals surface area contributed by atoms with E-state index in [4.69, 9.17) is 13.7 Å². The van der Waals surface area contributed by atoms with Crippen molar-refractivity contribution >= 4 is 28.1 Å². The summed E-state index contributed by atoms with van der Waals surface area (Å²) in [5, 5.41) is 5.08. The van der Waals surface area contributed by atoms with E-state index in [1.807, 2.05) is 25.1 Å². The molecule has 0 aromatic heterocycles. The maximum atomic E-state index is 13.0. The van der Waals surface area contributed by atoms with Crippen LogP contribution in [0.25, 0.3) is 0 Å². The average molecular weight is 569 g/mol. The van der Waals surface area contributed by atoms with Crippen LogP contribution in [0.1, 0.15) is 30.5 Å². The summed E-state index contributed by atoms with van der Waals surface area (Å²) in [4.78, 5) is 37.6. The third-order valence-electron chi connectivity index (χ3n) is 5.70. The third kappa shape index (κ3) is 9.12. The molecular formula is C29H32N2O8S. The summed E-state index contributed by atoms with van der Waals surface area (Å²) < 4.78 is 40.6. The molecule has 0 saturated carbocycles. The molecule has 40 heavy (non-hydrogen) atoms. The predicted octanol–water partition coefficient (Wildman–Crippen LogP) is 3.67. The Morgan fingerprint density at radius 1 is 0.825 bits per heavy atom. The zero-order valence-corrected chi connectivity index (χ0v) is 23.3. The van der Waals surface area contributed by atoms with Crippen LogP contribution in [0, 0.1) is 6.92 Å². The van der Waals surface area contributed by atoms with E-state index in [0.717, 1.165) is 11.1 Å². The zero-order chi connectivity index (χ0) is 29.1. The van der Waals surface area contributed by atoms with Gasteiger partial charge >= 0.3 is 22.2 Å². The van der Waals surface area contributed by atoms with Gasteiger partial charge in [-0.25, -0.2) is 9.59 Å². The monoisotopic (exact) mass is 568 g/mol. The highest BCUT2D eigenvalue weighted by Gasteiger charge is 2.26. The Morgan fingerprint density at radius 3 is 2.10 bits per heavy atom. The molecule has 212 valence electrons. The lowest BCUT2D eigenvalue weighted by atomic mass is 10.0. The van der Waals surface area contributed by atoms with Gasteiger partial charge in [-0.05, 0) is 56.2 Å². The molecule has 0 bridgehead atoms. The van der Waals surface area contributed by atoms with Crippen molar-refractivity contribution in [1.29, 1.82) is 0 Å². The molecule has 3 aromatic carbocycles. The lowest BCUT2D eigenvalue weighted by Gasteiger charge is -2.21. The molecule has 3 rings (SSSR count). The standard InChI is InChI=1S/C29H32N2O8S/c1-4-37-28(33)21(3)30-27(32)26(31-29(34)38-19-23-8-6-5-7-9-23)18-22-12-14-24(15-13-22)39-40(35,36)25-16-10-20(2)11-17-25/h5-17,21,26H,4,18-19H2,1-3H3,(H,30,32)(H,31,34)/t21-,26-/m0/s1. The van der Waals surface area contributed by atoms with Gasteiger partial charge in [-0.3, -0.25) is 4.79 Å². The summed E-state index contributed by atoms with van der Waals surface area (Å²) in [5.74, 6) is -1.16. The minimum absolute atomic E-state index is 0.00172. The zero-order valence-electron chi connectivity index (χ0n) is 22.5. The van der Waals surface area contributed by atoms with Gasteiger partial charge in [0.15, 0.2) is 0 Å². The van der Waals surface area contributed by atoms with Gasteiger partial charge in [0, 0.05) is 6.42 Å². The molecule has 0 aliphatic heterocycles. The van der Waals surface area contributed by atoms with Gasteiger partial charge < -0.3 is 24.3 Å². The summed E-state index contributed by atoms with van der Waals surface area (Å²) in [6.07, 6.45) is -0.802. The number of amides is 2. The lowest BCUT2D eigenvalue weighted by Crippen LogP contribution is -2.52. The van der Waals surface area contributed by atoms with Crippen molar-refractivity contribution in [2.45, 2.75) is 50.8 Å². The minimum Gasteiger partial charge on any atom is -0.464 e. The van der Waals surface area contributed by atoms with Crippen molar-refractivity contribution in [3.63, 3.8) is 0 Å². The molecular weight excluding hydrogens is 536 g/mol. The van der Waals surface area contributed by atoms with Crippen LogP contribution in [0.3, 0.4) is 0 Å². The largest absolute Gasteiger partial charge is 0.464 e. The number of hydrogen-bond acceptors (Lipinski definition) is 8. The third-order valence-corrected chi connectivity index (χ3v) is 6.96. The van der Waals surface area contributed by atoms with Crippen LogP contribution in [-0.4, -0.2) is 45.1 Å². The first-order valence-electron chi connectivity index (χ1n) is 12.6. The van der Waals surface area contributed by atoms with Crippen LogP contribution in [-0.2, 0) is 42.2 Å². The number of carbonyl (C=O) groups is 3. The van der Waals surface area contributed by atoms with Gasteiger partial charge in [0.25, 0.3) is 0 Å². The molecule has 0 aliphatic rings. The lowest BCUT2D eigenvalue weighted by molar-refractivity contribution is -0.147. The summed E-state index contributed by atoms with van der Waals surface area (Å²) in [6.45, 7) is 5.13. The second-order valence-corrected chi connectivity index (χ2v) is 10.5. The number of aryl methyl sites for hydroxylation is 1. The second-order valence-electron chi connectivity index (χ2n) is 8.94. The predicted molar refractivity (Wildman–Crippen MR) is 147 cm³/mol. The van der Waals surface area contributed by atoms with E-state index < -0.39 is 40.2 Å². The number of alkyl carbamates (subject to hydrolysis) is 1. The highest BCUT2D eigenvalue weighted by Crippen LogP contribution is 2.20. The van der Waals surface area contributed by atoms with E-state index in [2.05, 4.69) is 10.6 Å². The quantitative estimate of drug-likeness (QED) is 0.249. The molecule has 11 heteroatoms. The molecule has 3 aromatic rings. The first kappa shape index (κ1) is 30.2. The van der Waals surface area contributed by atoms with Crippen molar-refractivity contribution in [3.05, 3.63) is 95.6 Å². The van der Waals surface area contributed by atoms with E-state index in [1.54, 1.807) is 43.3 Å². The Kier molecular flexibility index (Phi) is 10.7. The van der Waals surface area contributed by atoms with Gasteiger partial charge in [-0.1, -0.05) is 60.2 Å². The SMILES string of the molecule is CCOC(=O)[C@H](C)NC(=O)[C@H](Cc1ccc(OS(=O)(=O)c2ccc(C)cc2)cc1)NC(=O)OCc1ccccc1. The normalized spacial score (nSPS) is 12.5. The molecule has 0 heterocycles. The fourth-order valence-corrected chi connectivity index (χ4v) is 4.48. The summed E-state index contributed by atoms with van der Waals surface area (Å²) in [5.41, 5.74) is 2.27. The van der Waals surface area contributed by atoms with E-state index in [9.17, 15) is 22.8 Å². The Hall–Kier alpha value is -4.38. The van der Waals surface area contributed by atoms with E-state index in [1.165, 1.54) is 31.2 Å². The first-order chi connectivity index (χ1) is 19.1. The van der Waals surface area contributed by atoms with Crippen LogP contribution in [0.2, 0.25) is 0 Å². The number of benzene rings is 3. The van der Waals surface area contributed by atoms with Gasteiger partial charge in [-0.2, -0.15) is 8.42 Å². The average Bonchev–Trinajstić information content (AvgIpc) is 2.93. The van der Waals surface area contributed by atoms with E-state index >= 15 is 0 Å². The van der Waals surface area contributed by atoms with E-state index in [-0.39, 0.29) is 30.3 Å². The molecule has 0 aliphatic carbocycles. The highest BCUT2D eigenvalue weighted by atomic mass is 32.2. The van der Waals surface area contributed by atoms with Gasteiger partial charge in [0.05, 0.1) is 6.61 Å². The summed E-state index contributed by atoms with van der Waals surface area (Å²) >= 11 is 0. The van der Waals surface area contributed by atoms with Crippen LogP contribution in [0.15, 0.2) is 83.8 Å². The highest BCUT2D eigenvalue weighted by molar-refractivity contribution is 7.87. The van der Waals surface area contributed by atoms with Crippen LogP contribution >= 0.6 is 0 Å². The van der Waals surface area contributed by atoms with Gasteiger partial charge in [-0.15, -0.1) is 0 Å². The number of rotatable bonds is 12. The molecule has 2 amide bonds. The molecule has 0 fully saturated rings. The topological polar surface area (TPSA) is 137 Å². The molecule has 0 spiro atoms. The second kappa shape index (κ2) is 14.1. The van der Waals surface area contributed by atoms with Crippen LogP contribution in [0.5, 0.6) is 5.75 Å². The Balaban J connectivity index is 1.70. The molecule has 2 atom stereocenters. The van der Waals surface area contributed by atoms with Crippen LogP contribution in [0.4, 0.5) is 4.79 Å². The summed E-state index contributed by atoms with van der Waals surface area (Å²) in [7, 11) is -4.03. The molecule has 0 radical (unpaired) electrons. The maximum absolute atomic E-state index is 13.0. The molecule has 0 unspecified atom stereocenters. The van der Waals surface area contributed by atoms with Crippen LogP contribution < -0.4 is 14.8 Å². The Morgan fingerprint density at radius 2 is 1.48 bits per heavy atom. The number of hydrogen-bond donors (Lipinski definition) is 2. The van der Waals surface area contributed by atoms with Crippen molar-refractivity contribution in [3.8, 4) is 5.75 Å². The Labute approximate surface area is 233 Å². The van der Waals surface area contributed by atoms with Gasteiger partial charge in [0.1, 0.15) is 29.3 Å². The molecule has 0 saturated heterocycles. The molecule has 10 nitrogen and oxygen atoms in total. The maximum Gasteiger partial charge on any atom is 0.408 e. The minimum atomic E-state index is -4.03. The number of ether oxygens (including phenoxy) is 2. The number of esters is 1. The van der Waals surface area contributed by atoms with Crippen molar-refractivity contribution < 1.29 is 36.5 Å². The molecule has 2 N–H and O–H groups in total. The first-order valence-corrected chi connectivity index (χ1v) is 14.0. The number of nitrogens with one attached hydrogen (secondary N) is 2. The fraction of sp³-hybridized carbons (Fsp3) is 0.276. The van der Waals surface area contributed by atoms with Gasteiger partial charge in [0.2, 0.25) is 5.91 Å². The fourth-order valence-electron chi connectivity index (χ4n) is 3.55. The summed E-state index contributed by atoms with van der Waals surface area (Å²) in [6, 6.07) is 19.3. The smallest absolute Gasteiger partial charge is 0.408 e. The van der Waals surface area contributed by atoms with E-state index in [0.29, 0.717) is 5.56 Å². The number of carbonyl (C=O) groups excluding carboxylic acids is 3. The Bertz CT molecular complexity index is 1390. The van der Waals surface area contributed by atoms with Crippen molar-refractivity contribution in [2.24, 2.45) is 0 Å². The van der Waals surface area contributed by atoms with Crippen molar-refractivity contribution in [1.82, 2.24) is 10.6 Å².